The largest absolute Gasteiger partial charge is 0.380 e. The standard InChI is InChI=1S/C19H27N5O/c1-25-19-11-18(14-22-9-5-6-10-22)23(15-19)13-16-12-20-24(21-16)17-7-3-2-4-8-17/h2-4,7-8,12,18-19H,5-6,9-11,13-15H2,1H3/t18-,19-/m0/s1. The number of methoxy groups -OCH3 is 1. The highest BCUT2D eigenvalue weighted by Gasteiger charge is 2.34. The van der Waals surface area contributed by atoms with Crippen molar-refractivity contribution < 1.29 is 4.74 Å². The first-order valence-electron chi connectivity index (χ1n) is 9.27. The Balaban J connectivity index is 1.43. The molecule has 1 aromatic carbocycles. The molecule has 2 aromatic rings. The summed E-state index contributed by atoms with van der Waals surface area (Å²) in [5.74, 6) is 0. The lowest BCUT2D eigenvalue weighted by Gasteiger charge is -2.27. The Labute approximate surface area is 149 Å². The molecule has 6 nitrogen and oxygen atoms in total. The van der Waals surface area contributed by atoms with Crippen molar-refractivity contribution in [1.29, 1.82) is 0 Å². The first-order valence-corrected chi connectivity index (χ1v) is 9.27. The Bertz CT molecular complexity index is 667. The maximum absolute atomic E-state index is 5.65. The van der Waals surface area contributed by atoms with Gasteiger partial charge in [-0.2, -0.15) is 15.0 Å². The van der Waals surface area contributed by atoms with Crippen LogP contribution in [0.3, 0.4) is 0 Å². The fraction of sp³-hybridized carbons (Fsp3) is 0.579. The Kier molecular flexibility index (Phi) is 5.10. The summed E-state index contributed by atoms with van der Waals surface area (Å²) in [4.78, 5) is 6.83. The molecule has 2 atom stereocenters. The van der Waals surface area contributed by atoms with Crippen LogP contribution in [0.5, 0.6) is 0 Å². The number of likely N-dealkylation sites (tertiary alicyclic amines) is 2. The van der Waals surface area contributed by atoms with E-state index < -0.39 is 0 Å². The van der Waals surface area contributed by atoms with Crippen LogP contribution in [0.2, 0.25) is 0 Å². The van der Waals surface area contributed by atoms with Crippen LogP contribution in [-0.2, 0) is 11.3 Å². The molecule has 3 heterocycles. The second-order valence-corrected chi connectivity index (χ2v) is 7.15. The summed E-state index contributed by atoms with van der Waals surface area (Å²) in [5, 5.41) is 9.10. The number of nitrogens with zero attached hydrogens (tertiary/aromatic N) is 5. The molecule has 25 heavy (non-hydrogen) atoms. The smallest absolute Gasteiger partial charge is 0.0971 e. The van der Waals surface area contributed by atoms with Crippen LogP contribution in [-0.4, -0.2) is 70.2 Å². The lowest BCUT2D eigenvalue weighted by molar-refractivity contribution is 0.107. The molecule has 2 aliphatic heterocycles. The quantitative estimate of drug-likeness (QED) is 0.804. The summed E-state index contributed by atoms with van der Waals surface area (Å²) in [6.45, 7) is 5.45. The summed E-state index contributed by atoms with van der Waals surface area (Å²) >= 11 is 0. The van der Waals surface area contributed by atoms with Crippen LogP contribution in [0.25, 0.3) is 5.69 Å². The van der Waals surface area contributed by atoms with Crippen molar-refractivity contribution in [3.8, 4) is 5.69 Å². The van der Waals surface area contributed by atoms with Crippen molar-refractivity contribution in [2.75, 3.05) is 33.3 Å². The molecular formula is C19H27N5O. The molecule has 2 fully saturated rings. The van der Waals surface area contributed by atoms with Crippen LogP contribution in [0.1, 0.15) is 25.0 Å². The molecule has 2 saturated heterocycles. The van der Waals surface area contributed by atoms with Gasteiger partial charge in [-0.3, -0.25) is 4.90 Å². The van der Waals surface area contributed by atoms with E-state index in [9.17, 15) is 0 Å². The van der Waals surface area contributed by atoms with Gasteiger partial charge in [-0.1, -0.05) is 18.2 Å². The van der Waals surface area contributed by atoms with Crippen LogP contribution >= 0.6 is 0 Å². The molecule has 1 aromatic heterocycles. The molecule has 0 unspecified atom stereocenters. The topological polar surface area (TPSA) is 46.4 Å². The minimum Gasteiger partial charge on any atom is -0.380 e. The molecule has 134 valence electrons. The van der Waals surface area contributed by atoms with E-state index in [1.54, 1.807) is 4.80 Å². The maximum Gasteiger partial charge on any atom is 0.0971 e. The highest BCUT2D eigenvalue weighted by atomic mass is 16.5. The molecule has 4 rings (SSSR count). The Morgan fingerprint density at radius 2 is 1.96 bits per heavy atom. The van der Waals surface area contributed by atoms with Crippen molar-refractivity contribution >= 4 is 0 Å². The van der Waals surface area contributed by atoms with Gasteiger partial charge in [0.05, 0.1) is 23.7 Å². The Morgan fingerprint density at radius 3 is 2.72 bits per heavy atom. The zero-order valence-electron chi connectivity index (χ0n) is 14.9. The second kappa shape index (κ2) is 7.64. The fourth-order valence-corrected chi connectivity index (χ4v) is 4.02. The van der Waals surface area contributed by atoms with E-state index >= 15 is 0 Å². The second-order valence-electron chi connectivity index (χ2n) is 7.15. The van der Waals surface area contributed by atoms with E-state index in [0.717, 1.165) is 37.4 Å². The minimum absolute atomic E-state index is 0.330. The molecule has 0 spiro atoms. The van der Waals surface area contributed by atoms with Gasteiger partial charge in [0.25, 0.3) is 0 Å². The Hall–Kier alpha value is -1.76. The average molecular weight is 341 g/mol. The molecule has 0 amide bonds. The predicted octanol–water partition coefficient (Wildman–Crippen LogP) is 1.95. The lowest BCUT2D eigenvalue weighted by atomic mass is 10.2. The van der Waals surface area contributed by atoms with Gasteiger partial charge < -0.3 is 9.64 Å². The van der Waals surface area contributed by atoms with Crippen LogP contribution in [0, 0.1) is 0 Å². The summed E-state index contributed by atoms with van der Waals surface area (Å²) < 4.78 is 5.65. The van der Waals surface area contributed by atoms with Crippen LogP contribution in [0.4, 0.5) is 0 Å². The number of ether oxygens (including phenoxy) is 1. The molecule has 2 aliphatic rings. The van der Waals surface area contributed by atoms with Gasteiger partial charge in [0, 0.05) is 32.8 Å². The molecular weight excluding hydrogens is 314 g/mol. The van der Waals surface area contributed by atoms with Crippen LogP contribution < -0.4 is 0 Å². The van der Waals surface area contributed by atoms with Gasteiger partial charge in [-0.15, -0.1) is 0 Å². The van der Waals surface area contributed by atoms with Crippen molar-refractivity contribution in [1.82, 2.24) is 24.8 Å². The van der Waals surface area contributed by atoms with Crippen molar-refractivity contribution in [2.45, 2.75) is 38.0 Å². The van der Waals surface area contributed by atoms with Gasteiger partial charge in [0.2, 0.25) is 0 Å². The third kappa shape index (κ3) is 3.92. The van der Waals surface area contributed by atoms with Gasteiger partial charge in [0.1, 0.15) is 0 Å². The first kappa shape index (κ1) is 16.7. The van der Waals surface area contributed by atoms with E-state index in [1.807, 2.05) is 43.6 Å². The average Bonchev–Trinajstić information content (AvgIpc) is 3.39. The van der Waals surface area contributed by atoms with Crippen molar-refractivity contribution in [3.05, 3.63) is 42.2 Å². The van der Waals surface area contributed by atoms with Gasteiger partial charge in [-0.05, 0) is 44.5 Å². The third-order valence-electron chi connectivity index (χ3n) is 5.38. The first-order chi connectivity index (χ1) is 12.3. The number of para-hydroxylation sites is 1. The fourth-order valence-electron chi connectivity index (χ4n) is 4.02. The van der Waals surface area contributed by atoms with E-state index in [0.29, 0.717) is 12.1 Å². The van der Waals surface area contributed by atoms with Gasteiger partial charge in [-0.25, -0.2) is 0 Å². The molecule has 0 radical (unpaired) electrons. The minimum atomic E-state index is 0.330. The normalized spacial score (nSPS) is 25.0. The summed E-state index contributed by atoms with van der Waals surface area (Å²) in [7, 11) is 1.83. The number of benzene rings is 1. The number of aromatic nitrogens is 3. The summed E-state index contributed by atoms with van der Waals surface area (Å²) in [6.07, 6.45) is 6.01. The number of hydrogen-bond donors (Lipinski definition) is 0. The molecule has 0 N–H and O–H groups in total. The highest BCUT2D eigenvalue weighted by molar-refractivity contribution is 5.28. The summed E-state index contributed by atoms with van der Waals surface area (Å²) in [6, 6.07) is 10.6. The Morgan fingerprint density at radius 1 is 1.16 bits per heavy atom. The van der Waals surface area contributed by atoms with E-state index in [2.05, 4.69) is 20.0 Å². The predicted molar refractivity (Wildman–Crippen MR) is 96.6 cm³/mol. The highest BCUT2D eigenvalue weighted by Crippen LogP contribution is 2.24. The van der Waals surface area contributed by atoms with Gasteiger partial charge >= 0.3 is 0 Å². The van der Waals surface area contributed by atoms with Crippen LogP contribution in [0.15, 0.2) is 36.5 Å². The van der Waals surface area contributed by atoms with E-state index in [-0.39, 0.29) is 0 Å². The monoisotopic (exact) mass is 341 g/mol. The van der Waals surface area contributed by atoms with E-state index in [1.165, 1.54) is 25.9 Å². The SMILES string of the molecule is CO[C@H]1C[C@@H](CN2CCCC2)N(Cc2cnn(-c3ccccc3)n2)C1. The molecule has 0 bridgehead atoms. The zero-order valence-corrected chi connectivity index (χ0v) is 14.9. The summed E-state index contributed by atoms with van der Waals surface area (Å²) in [5.41, 5.74) is 2.02. The molecule has 6 heteroatoms. The van der Waals surface area contributed by atoms with E-state index in [4.69, 9.17) is 4.74 Å². The maximum atomic E-state index is 5.65. The van der Waals surface area contributed by atoms with Crippen molar-refractivity contribution in [2.24, 2.45) is 0 Å². The molecule has 0 aliphatic carbocycles. The number of hydrogen-bond acceptors (Lipinski definition) is 5. The zero-order chi connectivity index (χ0) is 17.1. The lowest BCUT2D eigenvalue weighted by Crippen LogP contribution is -2.39. The van der Waals surface area contributed by atoms with Gasteiger partial charge in [0.15, 0.2) is 0 Å². The molecule has 0 saturated carbocycles. The number of rotatable bonds is 6. The van der Waals surface area contributed by atoms with Crippen molar-refractivity contribution in [3.63, 3.8) is 0 Å². The third-order valence-corrected chi connectivity index (χ3v) is 5.38.